The Morgan fingerprint density at radius 2 is 1.64 bits per heavy atom. The van der Waals surface area contributed by atoms with Gasteiger partial charge in [-0.25, -0.2) is 9.97 Å². The van der Waals surface area contributed by atoms with E-state index in [2.05, 4.69) is 15.0 Å². The van der Waals surface area contributed by atoms with Gasteiger partial charge in [-0.1, -0.05) is 6.07 Å². The van der Waals surface area contributed by atoms with Crippen molar-refractivity contribution in [2.24, 2.45) is 0 Å². The van der Waals surface area contributed by atoms with E-state index in [4.69, 9.17) is 0 Å². The third-order valence-electron chi connectivity index (χ3n) is 1.95. The van der Waals surface area contributed by atoms with Gasteiger partial charge in [0, 0.05) is 18.6 Å². The zero-order chi connectivity index (χ0) is 9.80. The molecule has 0 amide bonds. The van der Waals surface area contributed by atoms with Crippen LogP contribution in [0.3, 0.4) is 0 Å². The van der Waals surface area contributed by atoms with Crippen molar-refractivity contribution >= 4 is 0 Å². The van der Waals surface area contributed by atoms with Crippen molar-refractivity contribution in [3.63, 3.8) is 0 Å². The summed E-state index contributed by atoms with van der Waals surface area (Å²) in [6, 6.07) is 7.60. The van der Waals surface area contributed by atoms with Gasteiger partial charge in [-0.05, 0) is 25.1 Å². The van der Waals surface area contributed by atoms with E-state index in [1.807, 2.05) is 25.1 Å². The van der Waals surface area contributed by atoms with Crippen LogP contribution >= 0.6 is 0 Å². The van der Waals surface area contributed by atoms with Crippen LogP contribution in [-0.4, -0.2) is 15.0 Å². The minimum absolute atomic E-state index is 0.728. The van der Waals surface area contributed by atoms with Gasteiger partial charge in [0.25, 0.3) is 0 Å². The number of nitrogens with zero attached hydrogens (tertiary/aromatic N) is 3. The number of pyridine rings is 1. The molecule has 3 nitrogen and oxygen atoms in total. The van der Waals surface area contributed by atoms with E-state index in [-0.39, 0.29) is 0 Å². The minimum Gasteiger partial charge on any atom is -0.260 e. The maximum absolute atomic E-state index is 4.24. The molecule has 14 heavy (non-hydrogen) atoms. The Hall–Kier alpha value is -1.77. The van der Waals surface area contributed by atoms with Gasteiger partial charge < -0.3 is 0 Å². The average molecular weight is 184 g/mol. The van der Waals surface area contributed by atoms with E-state index < -0.39 is 0 Å². The molecule has 3 heteroatoms. The highest BCUT2D eigenvalue weighted by Crippen LogP contribution is 2.15. The van der Waals surface area contributed by atoms with Crippen LogP contribution in [0, 0.1) is 5.92 Å². The van der Waals surface area contributed by atoms with Crippen LogP contribution in [0.5, 0.6) is 0 Å². The van der Waals surface area contributed by atoms with Gasteiger partial charge >= 0.3 is 0 Å². The number of hydrogen-bond donors (Lipinski definition) is 0. The number of hydrogen-bond acceptors (Lipinski definition) is 3. The van der Waals surface area contributed by atoms with Crippen LogP contribution in [0.1, 0.15) is 18.4 Å². The summed E-state index contributed by atoms with van der Waals surface area (Å²) in [5, 5.41) is 0. The third-order valence-corrected chi connectivity index (χ3v) is 1.95. The first-order chi connectivity index (χ1) is 6.88. The van der Waals surface area contributed by atoms with E-state index in [0.29, 0.717) is 0 Å². The van der Waals surface area contributed by atoms with Crippen LogP contribution in [0.25, 0.3) is 0 Å². The van der Waals surface area contributed by atoms with E-state index in [1.54, 1.807) is 24.7 Å². The summed E-state index contributed by atoms with van der Waals surface area (Å²) in [5.41, 5.74) is 0.915. The van der Waals surface area contributed by atoms with Crippen LogP contribution < -0.4 is 0 Å². The monoisotopic (exact) mass is 184 g/mol. The van der Waals surface area contributed by atoms with Gasteiger partial charge in [-0.2, -0.15) is 0 Å². The van der Waals surface area contributed by atoms with Gasteiger partial charge in [0.05, 0.1) is 11.6 Å². The first-order valence-electron chi connectivity index (χ1n) is 4.40. The lowest BCUT2D eigenvalue weighted by atomic mass is 10.1. The largest absolute Gasteiger partial charge is 0.260 e. The lowest BCUT2D eigenvalue weighted by Gasteiger charge is -2.06. The van der Waals surface area contributed by atoms with Crippen molar-refractivity contribution in [2.45, 2.75) is 6.92 Å². The van der Waals surface area contributed by atoms with Crippen LogP contribution in [0.2, 0.25) is 0 Å². The van der Waals surface area contributed by atoms with Crippen molar-refractivity contribution < 1.29 is 0 Å². The second kappa shape index (κ2) is 3.96. The van der Waals surface area contributed by atoms with Crippen molar-refractivity contribution in [2.75, 3.05) is 0 Å². The molecule has 0 saturated carbocycles. The molecule has 0 aliphatic heterocycles. The van der Waals surface area contributed by atoms with Gasteiger partial charge in [0.15, 0.2) is 0 Å². The SMILES string of the molecule is C[C](c1ccccn1)c1ncccn1. The molecule has 2 heterocycles. The van der Waals surface area contributed by atoms with E-state index in [9.17, 15) is 0 Å². The second-order valence-electron chi connectivity index (χ2n) is 2.91. The second-order valence-corrected chi connectivity index (χ2v) is 2.91. The van der Waals surface area contributed by atoms with Gasteiger partial charge in [-0.15, -0.1) is 0 Å². The van der Waals surface area contributed by atoms with E-state index in [0.717, 1.165) is 17.4 Å². The lowest BCUT2D eigenvalue weighted by Crippen LogP contribution is -2.03. The van der Waals surface area contributed by atoms with Gasteiger partial charge in [0.2, 0.25) is 0 Å². The highest BCUT2D eigenvalue weighted by Gasteiger charge is 2.11. The summed E-state index contributed by atoms with van der Waals surface area (Å²) < 4.78 is 0. The molecule has 0 aliphatic carbocycles. The molecule has 0 N–H and O–H groups in total. The normalized spacial score (nSPS) is 10.4. The van der Waals surface area contributed by atoms with Gasteiger partial charge in [0.1, 0.15) is 5.82 Å². The molecule has 0 fully saturated rings. The zero-order valence-electron chi connectivity index (χ0n) is 7.88. The Morgan fingerprint density at radius 1 is 0.929 bits per heavy atom. The molecule has 69 valence electrons. The van der Waals surface area contributed by atoms with Crippen LogP contribution in [-0.2, 0) is 0 Å². The quantitative estimate of drug-likeness (QED) is 0.715. The summed E-state index contributed by atoms with van der Waals surface area (Å²) in [7, 11) is 0. The number of aromatic nitrogens is 3. The van der Waals surface area contributed by atoms with Crippen molar-refractivity contribution in [3.05, 3.63) is 60.3 Å². The predicted octanol–water partition coefficient (Wildman–Crippen LogP) is 1.86. The highest BCUT2D eigenvalue weighted by atomic mass is 14.9. The molecule has 0 spiro atoms. The fraction of sp³-hybridized carbons (Fsp3) is 0.0909. The Bertz CT molecular complexity index is 346. The first-order valence-corrected chi connectivity index (χ1v) is 4.40. The molecule has 2 aromatic rings. The summed E-state index contributed by atoms with van der Waals surface area (Å²) in [6.07, 6.45) is 5.23. The molecule has 0 saturated heterocycles. The molecule has 0 unspecified atom stereocenters. The summed E-state index contributed by atoms with van der Waals surface area (Å²) in [4.78, 5) is 12.6. The summed E-state index contributed by atoms with van der Waals surface area (Å²) in [6.45, 7) is 1.97. The first kappa shape index (κ1) is 8.81. The average Bonchev–Trinajstić information content (AvgIpc) is 2.30. The maximum atomic E-state index is 4.24. The van der Waals surface area contributed by atoms with Crippen molar-refractivity contribution in [1.29, 1.82) is 0 Å². The lowest BCUT2D eigenvalue weighted by molar-refractivity contribution is 0.958. The molecule has 0 aromatic carbocycles. The predicted molar refractivity (Wildman–Crippen MR) is 53.4 cm³/mol. The topological polar surface area (TPSA) is 38.7 Å². The standard InChI is InChI=1S/C11H10N3/c1-9(10-5-2-3-6-12-10)11-13-7-4-8-14-11/h2-8H,1H3. The van der Waals surface area contributed by atoms with Crippen LogP contribution in [0.4, 0.5) is 0 Å². The number of rotatable bonds is 2. The molecule has 2 aromatic heterocycles. The zero-order valence-corrected chi connectivity index (χ0v) is 7.88. The van der Waals surface area contributed by atoms with Gasteiger partial charge in [-0.3, -0.25) is 4.98 Å². The molecule has 0 aliphatic rings. The highest BCUT2D eigenvalue weighted by molar-refractivity contribution is 5.31. The third kappa shape index (κ3) is 1.76. The van der Waals surface area contributed by atoms with E-state index >= 15 is 0 Å². The smallest absolute Gasteiger partial charge is 0.141 e. The molecule has 2 rings (SSSR count). The molecule has 0 bridgehead atoms. The van der Waals surface area contributed by atoms with Crippen LogP contribution in [0.15, 0.2) is 42.9 Å². The Morgan fingerprint density at radius 3 is 2.29 bits per heavy atom. The molecule has 1 radical (unpaired) electrons. The molecular weight excluding hydrogens is 174 g/mol. The summed E-state index contributed by atoms with van der Waals surface area (Å²) >= 11 is 0. The minimum atomic E-state index is 0.728. The Kier molecular flexibility index (Phi) is 2.49. The van der Waals surface area contributed by atoms with E-state index in [1.165, 1.54) is 0 Å². The fourth-order valence-electron chi connectivity index (χ4n) is 1.19. The Labute approximate surface area is 82.9 Å². The Balaban J connectivity index is 2.30. The van der Waals surface area contributed by atoms with Crippen molar-refractivity contribution in [1.82, 2.24) is 15.0 Å². The fourth-order valence-corrected chi connectivity index (χ4v) is 1.19. The maximum Gasteiger partial charge on any atom is 0.141 e. The van der Waals surface area contributed by atoms with Crippen molar-refractivity contribution in [3.8, 4) is 0 Å². The molecular formula is C11H10N3. The molecule has 0 atom stereocenters. The summed E-state index contributed by atoms with van der Waals surface area (Å²) in [5.74, 6) is 1.72.